The molecule has 27 heavy (non-hydrogen) atoms. The SMILES string of the molecule is C[C@@H]1CCCN(c2ccc([C@@H](C)NC(=O)[C@@H](C)Oc3ccccc3)cc2)C1. The van der Waals surface area contributed by atoms with Crippen LogP contribution in [0.3, 0.4) is 0 Å². The Labute approximate surface area is 162 Å². The van der Waals surface area contributed by atoms with Crippen molar-refractivity contribution in [2.75, 3.05) is 18.0 Å². The minimum absolute atomic E-state index is 0.0614. The normalized spacial score (nSPS) is 19.2. The zero-order chi connectivity index (χ0) is 19.2. The van der Waals surface area contributed by atoms with Crippen LogP contribution in [0.2, 0.25) is 0 Å². The summed E-state index contributed by atoms with van der Waals surface area (Å²) in [6, 6.07) is 17.9. The van der Waals surface area contributed by atoms with Crippen molar-refractivity contribution in [1.29, 1.82) is 0 Å². The Kier molecular flexibility index (Phi) is 6.38. The van der Waals surface area contributed by atoms with Crippen molar-refractivity contribution in [3.05, 3.63) is 60.2 Å². The highest BCUT2D eigenvalue weighted by Crippen LogP contribution is 2.24. The van der Waals surface area contributed by atoms with E-state index in [1.165, 1.54) is 18.5 Å². The van der Waals surface area contributed by atoms with E-state index in [1.54, 1.807) is 6.92 Å². The maximum absolute atomic E-state index is 12.4. The van der Waals surface area contributed by atoms with E-state index in [9.17, 15) is 4.79 Å². The van der Waals surface area contributed by atoms with Gasteiger partial charge in [-0.25, -0.2) is 0 Å². The average Bonchev–Trinajstić information content (AvgIpc) is 2.69. The predicted octanol–water partition coefficient (Wildman–Crippen LogP) is 4.57. The lowest BCUT2D eigenvalue weighted by molar-refractivity contribution is -0.127. The maximum Gasteiger partial charge on any atom is 0.261 e. The quantitative estimate of drug-likeness (QED) is 0.814. The molecule has 4 nitrogen and oxygen atoms in total. The molecule has 0 unspecified atom stereocenters. The number of piperidine rings is 1. The number of nitrogens with zero attached hydrogens (tertiary/aromatic N) is 1. The second kappa shape index (κ2) is 8.94. The lowest BCUT2D eigenvalue weighted by atomic mass is 9.99. The van der Waals surface area contributed by atoms with Crippen LogP contribution in [0.4, 0.5) is 5.69 Å². The number of anilines is 1. The molecule has 1 aliphatic heterocycles. The topological polar surface area (TPSA) is 41.6 Å². The number of nitrogens with one attached hydrogen (secondary N) is 1. The largest absolute Gasteiger partial charge is 0.481 e. The van der Waals surface area contributed by atoms with Gasteiger partial charge >= 0.3 is 0 Å². The van der Waals surface area contributed by atoms with E-state index in [0.29, 0.717) is 5.75 Å². The zero-order valence-corrected chi connectivity index (χ0v) is 16.5. The minimum Gasteiger partial charge on any atom is -0.481 e. The Morgan fingerprint density at radius 1 is 1.11 bits per heavy atom. The molecule has 1 N–H and O–H groups in total. The molecule has 0 aliphatic carbocycles. The number of hydrogen-bond acceptors (Lipinski definition) is 3. The van der Waals surface area contributed by atoms with Crippen molar-refractivity contribution in [3.8, 4) is 5.75 Å². The fourth-order valence-electron chi connectivity index (χ4n) is 3.57. The van der Waals surface area contributed by atoms with Crippen LogP contribution in [-0.2, 0) is 4.79 Å². The Balaban J connectivity index is 1.55. The molecule has 0 bridgehead atoms. The second-order valence-electron chi connectivity index (χ2n) is 7.59. The number of para-hydroxylation sites is 1. The van der Waals surface area contributed by atoms with Gasteiger partial charge in [0.25, 0.3) is 5.91 Å². The first-order valence-corrected chi connectivity index (χ1v) is 9.90. The summed E-state index contributed by atoms with van der Waals surface area (Å²) in [6.45, 7) is 8.35. The zero-order valence-electron chi connectivity index (χ0n) is 16.5. The molecule has 1 fully saturated rings. The van der Waals surface area contributed by atoms with Crippen molar-refractivity contribution in [2.45, 2.75) is 45.8 Å². The summed E-state index contributed by atoms with van der Waals surface area (Å²) in [5.41, 5.74) is 2.37. The van der Waals surface area contributed by atoms with Crippen LogP contribution in [0.25, 0.3) is 0 Å². The molecule has 4 heteroatoms. The first-order valence-electron chi connectivity index (χ1n) is 9.90. The molecule has 2 aromatic carbocycles. The van der Waals surface area contributed by atoms with E-state index >= 15 is 0 Å². The number of carbonyl (C=O) groups is 1. The summed E-state index contributed by atoms with van der Waals surface area (Å²) < 4.78 is 5.70. The van der Waals surface area contributed by atoms with Crippen molar-refractivity contribution in [1.82, 2.24) is 5.32 Å². The summed E-state index contributed by atoms with van der Waals surface area (Å²) in [5, 5.41) is 3.04. The van der Waals surface area contributed by atoms with Crippen molar-refractivity contribution in [2.24, 2.45) is 5.92 Å². The van der Waals surface area contributed by atoms with Crippen molar-refractivity contribution < 1.29 is 9.53 Å². The number of amides is 1. The van der Waals surface area contributed by atoms with Gasteiger partial charge in [-0.15, -0.1) is 0 Å². The number of rotatable bonds is 6. The van der Waals surface area contributed by atoms with Crippen LogP contribution in [0, 0.1) is 5.92 Å². The van der Waals surface area contributed by atoms with Crippen LogP contribution >= 0.6 is 0 Å². The molecule has 1 aliphatic rings. The van der Waals surface area contributed by atoms with Crippen LogP contribution < -0.4 is 15.0 Å². The van der Waals surface area contributed by atoms with E-state index < -0.39 is 6.10 Å². The van der Waals surface area contributed by atoms with Crippen LogP contribution in [-0.4, -0.2) is 25.1 Å². The van der Waals surface area contributed by atoms with Gasteiger partial charge in [-0.1, -0.05) is 37.3 Å². The van der Waals surface area contributed by atoms with Crippen molar-refractivity contribution >= 4 is 11.6 Å². The molecule has 0 spiro atoms. The monoisotopic (exact) mass is 366 g/mol. The average molecular weight is 367 g/mol. The Bertz CT molecular complexity index is 730. The lowest BCUT2D eigenvalue weighted by Crippen LogP contribution is -2.37. The lowest BCUT2D eigenvalue weighted by Gasteiger charge is -2.33. The first kappa shape index (κ1) is 19.3. The highest BCUT2D eigenvalue weighted by molar-refractivity contribution is 5.81. The molecule has 2 aromatic rings. The van der Waals surface area contributed by atoms with Gasteiger partial charge in [-0.2, -0.15) is 0 Å². The van der Waals surface area contributed by atoms with Gasteiger partial charge in [0.1, 0.15) is 5.75 Å². The number of carbonyl (C=O) groups excluding carboxylic acids is 1. The van der Waals surface area contributed by atoms with E-state index in [0.717, 1.165) is 24.6 Å². The highest BCUT2D eigenvalue weighted by atomic mass is 16.5. The van der Waals surface area contributed by atoms with E-state index in [1.807, 2.05) is 37.3 Å². The number of ether oxygens (including phenoxy) is 1. The predicted molar refractivity (Wildman–Crippen MR) is 110 cm³/mol. The fraction of sp³-hybridized carbons (Fsp3) is 0.435. The molecule has 144 valence electrons. The van der Waals surface area contributed by atoms with Gasteiger partial charge in [0.05, 0.1) is 6.04 Å². The third-order valence-electron chi connectivity index (χ3n) is 5.20. The van der Waals surface area contributed by atoms with Gasteiger partial charge in [-0.3, -0.25) is 4.79 Å². The summed E-state index contributed by atoms with van der Waals surface area (Å²) in [6.07, 6.45) is 2.04. The van der Waals surface area contributed by atoms with Crippen molar-refractivity contribution in [3.63, 3.8) is 0 Å². The molecule has 3 atom stereocenters. The molecule has 0 aromatic heterocycles. The summed E-state index contributed by atoms with van der Waals surface area (Å²) in [7, 11) is 0. The van der Waals surface area contributed by atoms with E-state index in [-0.39, 0.29) is 11.9 Å². The van der Waals surface area contributed by atoms with Gasteiger partial charge in [-0.05, 0) is 62.4 Å². The standard InChI is InChI=1S/C23H30N2O2/c1-17-8-7-15-25(16-17)21-13-11-20(12-14-21)18(2)24-23(26)19(3)27-22-9-5-4-6-10-22/h4-6,9-14,17-19H,7-8,15-16H2,1-3H3,(H,24,26)/t17-,18-,19-/m1/s1. The van der Waals surface area contributed by atoms with Crippen LogP contribution in [0.1, 0.15) is 45.2 Å². The Hall–Kier alpha value is -2.49. The Morgan fingerprint density at radius 2 is 1.81 bits per heavy atom. The maximum atomic E-state index is 12.4. The Morgan fingerprint density at radius 3 is 2.48 bits per heavy atom. The van der Waals surface area contributed by atoms with Gasteiger partial charge in [0, 0.05) is 18.8 Å². The molecule has 1 heterocycles. The van der Waals surface area contributed by atoms with E-state index in [2.05, 4.69) is 41.4 Å². The van der Waals surface area contributed by atoms with Gasteiger partial charge < -0.3 is 15.0 Å². The molecule has 0 saturated carbocycles. The molecular weight excluding hydrogens is 336 g/mol. The highest BCUT2D eigenvalue weighted by Gasteiger charge is 2.19. The van der Waals surface area contributed by atoms with E-state index in [4.69, 9.17) is 4.74 Å². The number of hydrogen-bond donors (Lipinski definition) is 1. The molecule has 3 rings (SSSR count). The fourth-order valence-corrected chi connectivity index (χ4v) is 3.57. The minimum atomic E-state index is -0.538. The summed E-state index contributed by atoms with van der Waals surface area (Å²) in [5.74, 6) is 1.34. The third kappa shape index (κ3) is 5.25. The smallest absolute Gasteiger partial charge is 0.261 e. The molecule has 1 amide bonds. The van der Waals surface area contributed by atoms with Gasteiger partial charge in [0.2, 0.25) is 0 Å². The van der Waals surface area contributed by atoms with Gasteiger partial charge in [0.15, 0.2) is 6.10 Å². The summed E-state index contributed by atoms with van der Waals surface area (Å²) in [4.78, 5) is 14.9. The summed E-state index contributed by atoms with van der Waals surface area (Å²) >= 11 is 0. The number of benzene rings is 2. The molecular formula is C23H30N2O2. The molecule has 0 radical (unpaired) electrons. The first-order chi connectivity index (χ1) is 13.0. The second-order valence-corrected chi connectivity index (χ2v) is 7.59. The van der Waals surface area contributed by atoms with Crippen LogP contribution in [0.15, 0.2) is 54.6 Å². The third-order valence-corrected chi connectivity index (χ3v) is 5.20. The molecule has 1 saturated heterocycles. The van der Waals surface area contributed by atoms with Crippen LogP contribution in [0.5, 0.6) is 5.75 Å².